The molecule has 0 fully saturated rings. The lowest BCUT2D eigenvalue weighted by Crippen LogP contribution is -1.97. The van der Waals surface area contributed by atoms with Gasteiger partial charge in [-0.15, -0.1) is 0 Å². The number of ether oxygens (including phenoxy) is 5. The Morgan fingerprint density at radius 1 is 0.500 bits per heavy atom. The molecular formula is C32H34O6. The minimum atomic E-state index is 0.0393. The SMILES string of the molecule is COc1cccc(CCc2cccc(Oc3cc(CCc4cc(OC)cc(OC)c4)cc(O)c3OC)c2)c1. The van der Waals surface area contributed by atoms with Crippen molar-refractivity contribution in [2.24, 2.45) is 0 Å². The predicted octanol–water partition coefficient (Wildman–Crippen LogP) is 6.79. The van der Waals surface area contributed by atoms with E-state index in [0.29, 0.717) is 23.7 Å². The first-order valence-corrected chi connectivity index (χ1v) is 12.5. The molecule has 0 radical (unpaired) electrons. The Morgan fingerprint density at radius 2 is 1.00 bits per heavy atom. The third kappa shape index (κ3) is 6.91. The Bertz CT molecular complexity index is 1340. The van der Waals surface area contributed by atoms with E-state index in [0.717, 1.165) is 53.2 Å². The van der Waals surface area contributed by atoms with Crippen molar-refractivity contribution in [2.75, 3.05) is 28.4 Å². The summed E-state index contributed by atoms with van der Waals surface area (Å²) in [5, 5.41) is 10.7. The third-order valence-corrected chi connectivity index (χ3v) is 6.38. The number of hydrogen-bond donors (Lipinski definition) is 1. The number of phenolic OH excluding ortho intramolecular Hbond substituents is 1. The average molecular weight is 515 g/mol. The Kier molecular flexibility index (Phi) is 8.98. The second-order valence-electron chi connectivity index (χ2n) is 8.97. The summed E-state index contributed by atoms with van der Waals surface area (Å²) < 4.78 is 27.8. The predicted molar refractivity (Wildman–Crippen MR) is 149 cm³/mol. The van der Waals surface area contributed by atoms with Crippen LogP contribution in [0, 0.1) is 0 Å². The van der Waals surface area contributed by atoms with Crippen molar-refractivity contribution in [1.82, 2.24) is 0 Å². The van der Waals surface area contributed by atoms with Crippen molar-refractivity contribution in [1.29, 1.82) is 0 Å². The normalized spacial score (nSPS) is 10.6. The van der Waals surface area contributed by atoms with E-state index in [9.17, 15) is 5.11 Å². The summed E-state index contributed by atoms with van der Waals surface area (Å²) in [7, 11) is 6.47. The van der Waals surface area contributed by atoms with Crippen molar-refractivity contribution < 1.29 is 28.8 Å². The molecule has 0 amide bonds. The molecule has 0 aliphatic heterocycles. The first kappa shape index (κ1) is 26.7. The number of rotatable bonds is 12. The zero-order valence-electron chi connectivity index (χ0n) is 22.3. The van der Waals surface area contributed by atoms with Crippen molar-refractivity contribution in [2.45, 2.75) is 25.7 Å². The molecular weight excluding hydrogens is 480 g/mol. The van der Waals surface area contributed by atoms with Gasteiger partial charge in [-0.25, -0.2) is 0 Å². The first-order valence-electron chi connectivity index (χ1n) is 12.5. The monoisotopic (exact) mass is 514 g/mol. The van der Waals surface area contributed by atoms with Crippen LogP contribution in [-0.4, -0.2) is 33.5 Å². The fourth-order valence-corrected chi connectivity index (χ4v) is 4.38. The van der Waals surface area contributed by atoms with Crippen LogP contribution in [0.2, 0.25) is 0 Å². The van der Waals surface area contributed by atoms with Crippen LogP contribution in [0.15, 0.2) is 78.9 Å². The van der Waals surface area contributed by atoms with Gasteiger partial charge in [0.15, 0.2) is 11.5 Å². The first-order chi connectivity index (χ1) is 18.5. The fourth-order valence-electron chi connectivity index (χ4n) is 4.38. The lowest BCUT2D eigenvalue weighted by molar-refractivity contribution is 0.348. The molecule has 0 saturated heterocycles. The molecule has 198 valence electrons. The summed E-state index contributed by atoms with van der Waals surface area (Å²) in [4.78, 5) is 0. The highest BCUT2D eigenvalue weighted by atomic mass is 16.5. The van der Waals surface area contributed by atoms with Crippen LogP contribution in [0.25, 0.3) is 0 Å². The van der Waals surface area contributed by atoms with Gasteiger partial charge in [0.1, 0.15) is 23.0 Å². The van der Waals surface area contributed by atoms with Crippen molar-refractivity contribution in [3.05, 3.63) is 101 Å². The molecule has 0 atom stereocenters. The van der Waals surface area contributed by atoms with E-state index in [1.807, 2.05) is 54.6 Å². The highest BCUT2D eigenvalue weighted by molar-refractivity contribution is 5.55. The van der Waals surface area contributed by atoms with Gasteiger partial charge in [0.05, 0.1) is 28.4 Å². The number of phenols is 1. The van der Waals surface area contributed by atoms with E-state index < -0.39 is 0 Å². The molecule has 0 aliphatic carbocycles. The molecule has 0 unspecified atom stereocenters. The van der Waals surface area contributed by atoms with Crippen LogP contribution in [0.5, 0.6) is 40.2 Å². The molecule has 38 heavy (non-hydrogen) atoms. The van der Waals surface area contributed by atoms with E-state index >= 15 is 0 Å². The Balaban J connectivity index is 1.49. The van der Waals surface area contributed by atoms with Gasteiger partial charge in [0, 0.05) is 6.07 Å². The van der Waals surface area contributed by atoms with Gasteiger partial charge in [-0.05, 0) is 96.5 Å². The van der Waals surface area contributed by atoms with Crippen LogP contribution < -0.4 is 23.7 Å². The smallest absolute Gasteiger partial charge is 0.203 e. The van der Waals surface area contributed by atoms with Crippen LogP contribution in [0.3, 0.4) is 0 Å². The number of hydrogen-bond acceptors (Lipinski definition) is 6. The number of methoxy groups -OCH3 is 4. The Hall–Kier alpha value is -4.32. The molecule has 4 aromatic carbocycles. The maximum atomic E-state index is 10.7. The Morgan fingerprint density at radius 3 is 1.58 bits per heavy atom. The third-order valence-electron chi connectivity index (χ3n) is 6.38. The van der Waals surface area contributed by atoms with Crippen molar-refractivity contribution >= 4 is 0 Å². The van der Waals surface area contributed by atoms with Crippen LogP contribution in [-0.2, 0) is 25.7 Å². The quantitative estimate of drug-likeness (QED) is 0.225. The zero-order valence-corrected chi connectivity index (χ0v) is 22.3. The minimum absolute atomic E-state index is 0.0393. The highest BCUT2D eigenvalue weighted by Crippen LogP contribution is 2.40. The van der Waals surface area contributed by atoms with Gasteiger partial charge in [-0.1, -0.05) is 24.3 Å². The van der Waals surface area contributed by atoms with Gasteiger partial charge in [0.25, 0.3) is 0 Å². The summed E-state index contributed by atoms with van der Waals surface area (Å²) in [6.45, 7) is 0. The van der Waals surface area contributed by atoms with Crippen molar-refractivity contribution in [3.8, 4) is 40.2 Å². The molecule has 0 bridgehead atoms. The van der Waals surface area contributed by atoms with Gasteiger partial charge in [-0.2, -0.15) is 0 Å². The molecule has 6 heteroatoms. The van der Waals surface area contributed by atoms with Crippen LogP contribution in [0.4, 0.5) is 0 Å². The Labute approximate surface area is 224 Å². The van der Waals surface area contributed by atoms with E-state index in [2.05, 4.69) is 18.2 Å². The van der Waals surface area contributed by atoms with Gasteiger partial charge in [-0.3, -0.25) is 0 Å². The molecule has 0 aliphatic rings. The largest absolute Gasteiger partial charge is 0.504 e. The summed E-state index contributed by atoms with van der Waals surface area (Å²) in [5.41, 5.74) is 4.36. The minimum Gasteiger partial charge on any atom is -0.504 e. The number of aromatic hydroxyl groups is 1. The molecule has 0 aromatic heterocycles. The zero-order chi connectivity index (χ0) is 26.9. The number of benzene rings is 4. The highest BCUT2D eigenvalue weighted by Gasteiger charge is 2.14. The van der Waals surface area contributed by atoms with E-state index in [1.165, 1.54) is 12.7 Å². The molecule has 1 N–H and O–H groups in total. The molecule has 4 rings (SSSR count). The van der Waals surface area contributed by atoms with Crippen LogP contribution >= 0.6 is 0 Å². The average Bonchev–Trinajstić information content (AvgIpc) is 2.95. The van der Waals surface area contributed by atoms with E-state index in [-0.39, 0.29) is 5.75 Å². The topological polar surface area (TPSA) is 66.4 Å². The van der Waals surface area contributed by atoms with Crippen LogP contribution in [0.1, 0.15) is 22.3 Å². The molecule has 0 heterocycles. The van der Waals surface area contributed by atoms with Gasteiger partial charge in [0.2, 0.25) is 5.75 Å². The summed E-state index contributed by atoms with van der Waals surface area (Å²) >= 11 is 0. The van der Waals surface area contributed by atoms with Crippen molar-refractivity contribution in [3.63, 3.8) is 0 Å². The standard InChI is InChI=1S/C32H34O6/c1-34-26-9-5-7-22(15-26)11-12-23-8-6-10-27(16-23)38-31-20-25(19-30(33)32(31)37-4)14-13-24-17-28(35-2)21-29(18-24)36-3/h5-10,15-21,33H,11-14H2,1-4H3. The molecule has 4 aromatic rings. The maximum absolute atomic E-state index is 10.7. The molecule has 0 saturated carbocycles. The maximum Gasteiger partial charge on any atom is 0.203 e. The fraction of sp³-hybridized carbons (Fsp3) is 0.250. The lowest BCUT2D eigenvalue weighted by Gasteiger charge is -2.15. The molecule has 0 spiro atoms. The summed E-state index contributed by atoms with van der Waals surface area (Å²) in [5.74, 6) is 3.84. The summed E-state index contributed by atoms with van der Waals surface area (Å²) in [6, 6.07) is 25.5. The summed E-state index contributed by atoms with van der Waals surface area (Å²) in [6.07, 6.45) is 3.16. The second-order valence-corrected chi connectivity index (χ2v) is 8.97. The molecule has 6 nitrogen and oxygen atoms in total. The van der Waals surface area contributed by atoms with Gasteiger partial charge >= 0.3 is 0 Å². The lowest BCUT2D eigenvalue weighted by atomic mass is 10.0. The second kappa shape index (κ2) is 12.8. The van der Waals surface area contributed by atoms with Gasteiger partial charge < -0.3 is 28.8 Å². The van der Waals surface area contributed by atoms with E-state index in [4.69, 9.17) is 23.7 Å². The number of aryl methyl sites for hydroxylation is 4. The van der Waals surface area contributed by atoms with E-state index in [1.54, 1.807) is 27.4 Å².